The van der Waals surface area contributed by atoms with Crippen LogP contribution >= 0.6 is 11.6 Å². The van der Waals surface area contributed by atoms with Crippen LogP contribution in [-0.4, -0.2) is 19.7 Å². The zero-order valence-electron chi connectivity index (χ0n) is 9.26. The van der Waals surface area contributed by atoms with Gasteiger partial charge in [-0.1, -0.05) is 17.7 Å². The SMILES string of the molecule is Clc1ccc2c(c1)C1(CCNCC1)OCC2. The Labute approximate surface area is 101 Å². The van der Waals surface area contributed by atoms with Gasteiger partial charge >= 0.3 is 0 Å². The molecular weight excluding hydrogens is 222 g/mol. The molecule has 2 aliphatic rings. The van der Waals surface area contributed by atoms with Crippen LogP contribution in [0, 0.1) is 0 Å². The molecule has 0 atom stereocenters. The molecule has 1 saturated heterocycles. The van der Waals surface area contributed by atoms with Crippen molar-refractivity contribution in [2.45, 2.75) is 24.9 Å². The molecule has 0 radical (unpaired) electrons. The van der Waals surface area contributed by atoms with Crippen LogP contribution in [0.2, 0.25) is 5.02 Å². The topological polar surface area (TPSA) is 21.3 Å². The molecular formula is C13H16ClNO. The van der Waals surface area contributed by atoms with E-state index in [4.69, 9.17) is 16.3 Å². The van der Waals surface area contributed by atoms with E-state index in [-0.39, 0.29) is 5.60 Å². The van der Waals surface area contributed by atoms with E-state index in [9.17, 15) is 0 Å². The van der Waals surface area contributed by atoms with Gasteiger partial charge in [0.15, 0.2) is 0 Å². The van der Waals surface area contributed by atoms with E-state index in [0.29, 0.717) is 0 Å². The summed E-state index contributed by atoms with van der Waals surface area (Å²) in [6.45, 7) is 2.91. The Kier molecular flexibility index (Phi) is 2.66. The van der Waals surface area contributed by atoms with E-state index in [1.807, 2.05) is 6.07 Å². The lowest BCUT2D eigenvalue weighted by molar-refractivity contribution is -0.0802. The standard InChI is InChI=1S/C13H16ClNO/c14-11-2-1-10-3-8-16-13(12(10)9-11)4-6-15-7-5-13/h1-2,9,15H,3-8H2. The van der Waals surface area contributed by atoms with E-state index in [1.54, 1.807) is 0 Å². The summed E-state index contributed by atoms with van der Waals surface area (Å²) in [6, 6.07) is 6.24. The van der Waals surface area contributed by atoms with Crippen molar-refractivity contribution in [2.24, 2.45) is 0 Å². The third-order valence-electron chi connectivity index (χ3n) is 3.72. The first kappa shape index (κ1) is 10.6. The van der Waals surface area contributed by atoms with Crippen LogP contribution in [0.15, 0.2) is 18.2 Å². The molecule has 1 N–H and O–H groups in total. The fourth-order valence-corrected chi connectivity index (χ4v) is 3.04. The number of fused-ring (bicyclic) bond motifs is 2. The lowest BCUT2D eigenvalue weighted by Gasteiger charge is -2.42. The number of halogens is 1. The molecule has 0 aliphatic carbocycles. The summed E-state index contributed by atoms with van der Waals surface area (Å²) < 4.78 is 6.09. The number of ether oxygens (including phenoxy) is 1. The molecule has 3 heteroatoms. The van der Waals surface area contributed by atoms with Gasteiger partial charge in [-0.3, -0.25) is 0 Å². The predicted molar refractivity (Wildman–Crippen MR) is 64.9 cm³/mol. The quantitative estimate of drug-likeness (QED) is 0.749. The average molecular weight is 238 g/mol. The minimum Gasteiger partial charge on any atom is -0.370 e. The number of piperidine rings is 1. The lowest BCUT2D eigenvalue weighted by atomic mass is 9.80. The summed E-state index contributed by atoms with van der Waals surface area (Å²) >= 11 is 6.11. The minimum absolute atomic E-state index is 0.0657. The molecule has 1 aromatic carbocycles. The van der Waals surface area contributed by atoms with E-state index in [2.05, 4.69) is 17.4 Å². The smallest absolute Gasteiger partial charge is 0.0958 e. The van der Waals surface area contributed by atoms with Crippen LogP contribution < -0.4 is 5.32 Å². The third kappa shape index (κ3) is 1.65. The summed E-state index contributed by atoms with van der Waals surface area (Å²) in [6.07, 6.45) is 3.13. The van der Waals surface area contributed by atoms with Crippen LogP contribution in [0.25, 0.3) is 0 Å². The maximum absolute atomic E-state index is 6.11. The maximum Gasteiger partial charge on any atom is 0.0958 e. The van der Waals surface area contributed by atoms with E-state index in [0.717, 1.165) is 44.0 Å². The highest BCUT2D eigenvalue weighted by Gasteiger charge is 2.38. The first-order valence-corrected chi connectivity index (χ1v) is 6.32. The molecule has 1 fully saturated rings. The maximum atomic E-state index is 6.11. The molecule has 0 unspecified atom stereocenters. The van der Waals surface area contributed by atoms with Crippen molar-refractivity contribution in [3.05, 3.63) is 34.3 Å². The van der Waals surface area contributed by atoms with Crippen LogP contribution in [0.4, 0.5) is 0 Å². The van der Waals surface area contributed by atoms with Gasteiger partial charge in [0.25, 0.3) is 0 Å². The summed E-state index contributed by atoms with van der Waals surface area (Å²) in [5, 5.41) is 4.21. The second-order valence-electron chi connectivity index (χ2n) is 4.64. The summed E-state index contributed by atoms with van der Waals surface area (Å²) in [7, 11) is 0. The highest BCUT2D eigenvalue weighted by molar-refractivity contribution is 6.30. The summed E-state index contributed by atoms with van der Waals surface area (Å²) in [4.78, 5) is 0. The van der Waals surface area contributed by atoms with Crippen molar-refractivity contribution in [2.75, 3.05) is 19.7 Å². The molecule has 2 heterocycles. The Balaban J connectivity index is 2.06. The first-order chi connectivity index (χ1) is 7.80. The zero-order valence-corrected chi connectivity index (χ0v) is 10.0. The number of benzene rings is 1. The normalized spacial score (nSPS) is 23.1. The Morgan fingerprint density at radius 3 is 2.88 bits per heavy atom. The molecule has 86 valence electrons. The highest BCUT2D eigenvalue weighted by atomic mass is 35.5. The molecule has 0 aromatic heterocycles. The summed E-state index contributed by atoms with van der Waals surface area (Å²) in [5.41, 5.74) is 2.68. The molecule has 3 rings (SSSR count). The fraction of sp³-hybridized carbons (Fsp3) is 0.538. The van der Waals surface area contributed by atoms with Gasteiger partial charge in [0.1, 0.15) is 0 Å². The van der Waals surface area contributed by atoms with Crippen molar-refractivity contribution >= 4 is 11.6 Å². The lowest BCUT2D eigenvalue weighted by Crippen LogP contribution is -2.44. The fourth-order valence-electron chi connectivity index (χ4n) is 2.87. The molecule has 2 aliphatic heterocycles. The Morgan fingerprint density at radius 2 is 2.06 bits per heavy atom. The van der Waals surface area contributed by atoms with Gasteiger partial charge in [-0.05, 0) is 55.6 Å². The molecule has 0 saturated carbocycles. The largest absolute Gasteiger partial charge is 0.370 e. The van der Waals surface area contributed by atoms with Crippen LogP contribution in [0.3, 0.4) is 0 Å². The van der Waals surface area contributed by atoms with Gasteiger partial charge in [-0.15, -0.1) is 0 Å². The number of hydrogen-bond acceptors (Lipinski definition) is 2. The van der Waals surface area contributed by atoms with Crippen molar-refractivity contribution in [3.8, 4) is 0 Å². The monoisotopic (exact) mass is 237 g/mol. The van der Waals surface area contributed by atoms with Crippen molar-refractivity contribution in [1.82, 2.24) is 5.32 Å². The first-order valence-electron chi connectivity index (χ1n) is 5.94. The second kappa shape index (κ2) is 4.02. The molecule has 16 heavy (non-hydrogen) atoms. The molecule has 0 bridgehead atoms. The van der Waals surface area contributed by atoms with E-state index < -0.39 is 0 Å². The summed E-state index contributed by atoms with van der Waals surface area (Å²) in [5.74, 6) is 0. The third-order valence-corrected chi connectivity index (χ3v) is 3.96. The van der Waals surface area contributed by atoms with Crippen molar-refractivity contribution in [3.63, 3.8) is 0 Å². The Hall–Kier alpha value is -0.570. The van der Waals surface area contributed by atoms with Crippen LogP contribution in [0.1, 0.15) is 24.0 Å². The number of rotatable bonds is 0. The molecule has 1 spiro atoms. The van der Waals surface area contributed by atoms with Crippen molar-refractivity contribution in [1.29, 1.82) is 0 Å². The van der Waals surface area contributed by atoms with Crippen molar-refractivity contribution < 1.29 is 4.74 Å². The van der Waals surface area contributed by atoms with Gasteiger partial charge in [-0.2, -0.15) is 0 Å². The second-order valence-corrected chi connectivity index (χ2v) is 5.08. The van der Waals surface area contributed by atoms with E-state index in [1.165, 1.54) is 11.1 Å². The van der Waals surface area contributed by atoms with Crippen LogP contribution in [0.5, 0.6) is 0 Å². The highest BCUT2D eigenvalue weighted by Crippen LogP contribution is 2.40. The Bertz CT molecular complexity index is 399. The van der Waals surface area contributed by atoms with Gasteiger partial charge in [0.05, 0.1) is 12.2 Å². The molecule has 1 aromatic rings. The molecule has 0 amide bonds. The van der Waals surface area contributed by atoms with E-state index >= 15 is 0 Å². The van der Waals surface area contributed by atoms with Gasteiger partial charge in [-0.25, -0.2) is 0 Å². The predicted octanol–water partition coefficient (Wildman–Crippen LogP) is 2.49. The number of hydrogen-bond donors (Lipinski definition) is 1. The van der Waals surface area contributed by atoms with Gasteiger partial charge in [0.2, 0.25) is 0 Å². The van der Waals surface area contributed by atoms with Gasteiger partial charge in [0, 0.05) is 5.02 Å². The zero-order chi connectivity index (χ0) is 11.0. The molecule has 2 nitrogen and oxygen atoms in total. The number of nitrogens with one attached hydrogen (secondary N) is 1. The Morgan fingerprint density at radius 1 is 1.25 bits per heavy atom. The van der Waals surface area contributed by atoms with Crippen LogP contribution in [-0.2, 0) is 16.8 Å². The minimum atomic E-state index is -0.0657. The van der Waals surface area contributed by atoms with Gasteiger partial charge < -0.3 is 10.1 Å². The average Bonchev–Trinajstić information content (AvgIpc) is 2.32.